The normalized spacial score (nSPS) is 19.6. The SMILES string of the molecule is CCCCCCCCCCCCCCC(C(=O)[O-])[N+]1(C)CCc2cc(OC)c3cc2C1Cc1ccc(cc1)Oc1cc(ccc1OC)CC1c2c(cc(OC)c(OC)c2O3)CCN1C. The fourth-order valence-corrected chi connectivity index (χ4v) is 10.7. The van der Waals surface area contributed by atoms with Gasteiger partial charge in [-0.15, -0.1) is 0 Å². The number of carbonyl (C=O) groups excluding carboxylic acids is 1. The molecule has 4 atom stereocenters. The summed E-state index contributed by atoms with van der Waals surface area (Å²) in [6, 6.07) is 19.6. The number of fused-ring (bicyclic) bond motifs is 2. The Kier molecular flexibility index (Phi) is 16.1. The largest absolute Gasteiger partial charge is 0.544 e. The number of aliphatic carboxylic acids is 1. The molecule has 4 aromatic carbocycles. The summed E-state index contributed by atoms with van der Waals surface area (Å²) >= 11 is 0. The number of nitrogens with zero attached hydrogens (tertiary/aromatic N) is 2. The van der Waals surface area contributed by atoms with E-state index in [9.17, 15) is 9.90 Å². The van der Waals surface area contributed by atoms with Crippen LogP contribution in [0.1, 0.15) is 136 Å². The highest BCUT2D eigenvalue weighted by Crippen LogP contribution is 2.52. The Morgan fingerprint density at radius 1 is 0.719 bits per heavy atom. The lowest BCUT2D eigenvalue weighted by Gasteiger charge is -2.51. The van der Waals surface area contributed by atoms with Crippen LogP contribution in [0.25, 0.3) is 0 Å². The number of hydrogen-bond donors (Lipinski definition) is 0. The Hall–Kier alpha value is -4.93. The molecule has 8 rings (SSSR count). The van der Waals surface area contributed by atoms with E-state index in [0.29, 0.717) is 82.7 Å². The zero-order valence-electron chi connectivity index (χ0n) is 39.6. The molecule has 0 saturated heterocycles. The molecule has 10 heteroatoms. The summed E-state index contributed by atoms with van der Waals surface area (Å²) in [6.07, 6.45) is 18.1. The first-order valence-electron chi connectivity index (χ1n) is 24.0. The van der Waals surface area contributed by atoms with Gasteiger partial charge in [0.2, 0.25) is 5.75 Å². The van der Waals surface area contributed by atoms with Crippen LogP contribution in [0.2, 0.25) is 0 Å². The van der Waals surface area contributed by atoms with Crippen LogP contribution in [-0.2, 0) is 30.5 Å². The van der Waals surface area contributed by atoms with Crippen molar-refractivity contribution in [3.05, 3.63) is 94.0 Å². The molecule has 0 fully saturated rings. The van der Waals surface area contributed by atoms with Gasteiger partial charge >= 0.3 is 0 Å². The van der Waals surface area contributed by atoms with Crippen molar-refractivity contribution in [3.8, 4) is 46.0 Å². The van der Waals surface area contributed by atoms with E-state index in [2.05, 4.69) is 68.4 Å². The Morgan fingerprint density at radius 3 is 1.98 bits per heavy atom. The van der Waals surface area contributed by atoms with Gasteiger partial charge in [0.25, 0.3) is 0 Å². The summed E-state index contributed by atoms with van der Waals surface area (Å²) in [5.41, 5.74) is 6.49. The van der Waals surface area contributed by atoms with Gasteiger partial charge in [0.15, 0.2) is 34.5 Å². The number of carboxylic acid groups (broad SMARTS) is 1. The molecule has 0 saturated carbocycles. The van der Waals surface area contributed by atoms with Crippen LogP contribution in [0.5, 0.6) is 46.0 Å². The second kappa shape index (κ2) is 21.8. The number of likely N-dealkylation sites (N-methyl/N-ethyl adjacent to an activating group) is 2. The molecule has 0 radical (unpaired) electrons. The molecule has 346 valence electrons. The number of benzene rings is 4. The maximum Gasteiger partial charge on any atom is 0.204 e. The van der Waals surface area contributed by atoms with Gasteiger partial charge in [0, 0.05) is 43.0 Å². The van der Waals surface area contributed by atoms with Gasteiger partial charge < -0.3 is 42.8 Å². The number of carboxylic acids is 1. The summed E-state index contributed by atoms with van der Waals surface area (Å²) in [5.74, 6) is 3.82. The Bertz CT molecular complexity index is 2190. The molecule has 4 heterocycles. The van der Waals surface area contributed by atoms with E-state index in [4.69, 9.17) is 28.4 Å². The number of carbonyl (C=O) groups is 1. The number of rotatable bonds is 19. The van der Waals surface area contributed by atoms with Gasteiger partial charge in [0.1, 0.15) is 17.8 Å². The molecule has 0 aliphatic carbocycles. The van der Waals surface area contributed by atoms with E-state index < -0.39 is 12.0 Å². The van der Waals surface area contributed by atoms with E-state index in [1.165, 1.54) is 57.8 Å². The van der Waals surface area contributed by atoms with E-state index in [1.54, 1.807) is 28.4 Å². The van der Waals surface area contributed by atoms with Crippen molar-refractivity contribution in [1.82, 2.24) is 4.90 Å². The summed E-state index contributed by atoms with van der Waals surface area (Å²) in [6.45, 7) is 3.76. The molecular formula is C54H72N2O8. The average molecular weight is 877 g/mol. The highest BCUT2D eigenvalue weighted by molar-refractivity contribution is 5.70. The van der Waals surface area contributed by atoms with Crippen LogP contribution in [-0.4, -0.2) is 77.0 Å². The van der Waals surface area contributed by atoms with Crippen LogP contribution in [0.3, 0.4) is 0 Å². The fraction of sp³-hybridized carbons (Fsp3) is 0.537. The number of hydrogen-bond acceptors (Lipinski definition) is 9. The topological polar surface area (TPSA) is 98.8 Å². The highest BCUT2D eigenvalue weighted by atomic mass is 16.5. The minimum atomic E-state index is -0.985. The zero-order chi connectivity index (χ0) is 45.2. The molecule has 10 nitrogen and oxygen atoms in total. The molecule has 6 bridgehead atoms. The van der Waals surface area contributed by atoms with Crippen LogP contribution >= 0.6 is 0 Å². The minimum absolute atomic E-state index is 0.0848. The Balaban J connectivity index is 1.27. The van der Waals surface area contributed by atoms with E-state index in [-0.39, 0.29) is 12.1 Å². The third-order valence-corrected chi connectivity index (χ3v) is 14.5. The lowest BCUT2D eigenvalue weighted by molar-refractivity contribution is -0.958. The van der Waals surface area contributed by atoms with Crippen LogP contribution in [0.15, 0.2) is 60.7 Å². The lowest BCUT2D eigenvalue weighted by Crippen LogP contribution is -2.63. The summed E-state index contributed by atoms with van der Waals surface area (Å²) in [4.78, 5) is 15.8. The van der Waals surface area contributed by atoms with Crippen LogP contribution in [0, 0.1) is 0 Å². The zero-order valence-corrected chi connectivity index (χ0v) is 39.6. The molecule has 64 heavy (non-hydrogen) atoms. The Labute approximate surface area is 382 Å². The third-order valence-electron chi connectivity index (χ3n) is 14.5. The maximum absolute atomic E-state index is 13.4. The van der Waals surface area contributed by atoms with Crippen molar-refractivity contribution in [2.24, 2.45) is 0 Å². The molecule has 4 aliphatic heterocycles. The second-order valence-corrected chi connectivity index (χ2v) is 18.6. The van der Waals surface area contributed by atoms with Crippen molar-refractivity contribution in [2.45, 2.75) is 134 Å². The summed E-state index contributed by atoms with van der Waals surface area (Å²) in [5, 5.41) is 13.4. The summed E-state index contributed by atoms with van der Waals surface area (Å²) < 4.78 is 38.1. The predicted molar refractivity (Wildman–Crippen MR) is 251 cm³/mol. The lowest BCUT2D eigenvalue weighted by atomic mass is 9.84. The maximum atomic E-state index is 13.4. The van der Waals surface area contributed by atoms with Gasteiger partial charge in [-0.25, -0.2) is 0 Å². The summed E-state index contributed by atoms with van der Waals surface area (Å²) in [7, 11) is 10.9. The standard InChI is InChI=1S/C54H72N2O8/c1-8-9-10-11-12-13-14-15-16-17-18-19-20-44(54(57)58)56(3)30-28-39-34-47(60-5)49-36-42(39)45(56)32-37-21-24-41(25-22-37)63-48-33-38(23-26-46(48)59-4)31-43-51-40(27-29-55(43)2)35-50(61-6)52(62-7)53(51)64-49/h21-26,33-36,43-45H,8-20,27-32H2,1-7H3. The van der Waals surface area contributed by atoms with Gasteiger partial charge in [-0.05, 0) is 91.0 Å². The van der Waals surface area contributed by atoms with Crippen molar-refractivity contribution < 1.29 is 42.8 Å². The van der Waals surface area contributed by atoms with Crippen LogP contribution < -0.4 is 33.5 Å². The van der Waals surface area contributed by atoms with Gasteiger partial charge in [-0.1, -0.05) is 95.8 Å². The molecular weight excluding hydrogens is 805 g/mol. The van der Waals surface area contributed by atoms with Gasteiger partial charge in [0.05, 0.1) is 48.0 Å². The first-order chi connectivity index (χ1) is 31.1. The number of quaternary nitrogens is 1. The first-order valence-corrected chi connectivity index (χ1v) is 24.0. The van der Waals surface area contributed by atoms with Gasteiger partial charge in [-0.3, -0.25) is 4.90 Å². The minimum Gasteiger partial charge on any atom is -0.544 e. The number of methoxy groups -OCH3 is 4. The fourth-order valence-electron chi connectivity index (χ4n) is 10.7. The Morgan fingerprint density at radius 2 is 1.34 bits per heavy atom. The van der Waals surface area contributed by atoms with E-state index in [0.717, 1.165) is 65.6 Å². The molecule has 4 aliphatic rings. The van der Waals surface area contributed by atoms with Crippen molar-refractivity contribution in [3.63, 3.8) is 0 Å². The first kappa shape index (κ1) is 47.0. The molecule has 0 N–H and O–H groups in total. The average Bonchev–Trinajstić information content (AvgIpc) is 3.29. The van der Waals surface area contributed by atoms with E-state index >= 15 is 0 Å². The quantitative estimate of drug-likeness (QED) is 0.0673. The highest BCUT2D eigenvalue weighted by Gasteiger charge is 2.46. The van der Waals surface area contributed by atoms with Crippen molar-refractivity contribution in [2.75, 3.05) is 55.6 Å². The molecule has 0 spiro atoms. The van der Waals surface area contributed by atoms with Crippen LogP contribution in [0.4, 0.5) is 0 Å². The monoisotopic (exact) mass is 877 g/mol. The molecule has 4 aromatic rings. The number of unbranched alkanes of at least 4 members (excludes halogenated alkanes) is 11. The van der Waals surface area contributed by atoms with Crippen molar-refractivity contribution in [1.29, 1.82) is 0 Å². The number of ether oxygens (including phenoxy) is 6. The smallest absolute Gasteiger partial charge is 0.204 e. The predicted octanol–water partition coefficient (Wildman–Crippen LogP) is 10.9. The molecule has 0 aromatic heterocycles. The van der Waals surface area contributed by atoms with E-state index in [1.807, 2.05) is 18.2 Å². The van der Waals surface area contributed by atoms with Crippen molar-refractivity contribution >= 4 is 5.97 Å². The second-order valence-electron chi connectivity index (χ2n) is 18.6. The van der Waals surface area contributed by atoms with Gasteiger partial charge in [-0.2, -0.15) is 0 Å². The molecule has 0 amide bonds. The molecule has 4 unspecified atom stereocenters. The third kappa shape index (κ3) is 10.4.